The van der Waals surface area contributed by atoms with E-state index in [9.17, 15) is 9.59 Å². The second kappa shape index (κ2) is 8.93. The number of amides is 1. The van der Waals surface area contributed by atoms with Crippen molar-refractivity contribution in [3.8, 4) is 5.75 Å². The number of phenols is 1. The number of nitrogens with two attached hydrogens (primary N) is 1. The average molecular weight is 373 g/mol. The minimum atomic E-state index is -1.02. The summed E-state index contributed by atoms with van der Waals surface area (Å²) >= 11 is 4.83. The molecule has 1 saturated heterocycles. The van der Waals surface area contributed by atoms with E-state index in [1.807, 2.05) is 30.3 Å². The molecule has 2 aromatic carbocycles. The Bertz CT molecular complexity index is 781. The molecule has 1 aliphatic heterocycles. The third kappa shape index (κ3) is 5.54. The number of benzene rings is 2. The van der Waals surface area contributed by atoms with Crippen molar-refractivity contribution in [1.29, 1.82) is 0 Å². The third-order valence-corrected chi connectivity index (χ3v) is 3.84. The molecule has 1 aliphatic rings. The Morgan fingerprint density at radius 3 is 2.27 bits per heavy atom. The first-order valence-electron chi connectivity index (χ1n) is 7.79. The fourth-order valence-corrected chi connectivity index (χ4v) is 2.49. The Morgan fingerprint density at radius 2 is 1.77 bits per heavy atom. The molecule has 3 rings (SSSR count). The number of carboxylic acid groups (broad SMARTS) is 1. The van der Waals surface area contributed by atoms with Crippen LogP contribution in [0.2, 0.25) is 0 Å². The molecule has 26 heavy (non-hydrogen) atoms. The summed E-state index contributed by atoms with van der Waals surface area (Å²) in [6, 6.07) is 14.6. The summed E-state index contributed by atoms with van der Waals surface area (Å²) in [5.41, 5.74) is 7.05. The molecule has 7 nitrogen and oxygen atoms in total. The first-order chi connectivity index (χ1) is 12.4. The van der Waals surface area contributed by atoms with Crippen molar-refractivity contribution in [3.63, 3.8) is 0 Å². The van der Waals surface area contributed by atoms with Gasteiger partial charge in [0, 0.05) is 0 Å². The molecule has 1 amide bonds. The normalized spacial score (nSPS) is 16.7. The highest BCUT2D eigenvalue weighted by atomic mass is 32.1. The Hall–Kier alpha value is -2.97. The van der Waals surface area contributed by atoms with Crippen LogP contribution >= 0.6 is 12.2 Å². The van der Waals surface area contributed by atoms with Crippen LogP contribution in [0.4, 0.5) is 0 Å². The van der Waals surface area contributed by atoms with Crippen LogP contribution in [-0.4, -0.2) is 33.2 Å². The summed E-state index contributed by atoms with van der Waals surface area (Å²) in [7, 11) is 0. The van der Waals surface area contributed by atoms with Gasteiger partial charge in [0.15, 0.2) is 5.11 Å². The van der Waals surface area contributed by atoms with Gasteiger partial charge in [-0.15, -0.1) is 0 Å². The highest BCUT2D eigenvalue weighted by Gasteiger charge is 2.27. The minimum Gasteiger partial charge on any atom is -0.508 e. The number of aromatic hydroxyl groups is 1. The molecule has 0 saturated carbocycles. The summed E-state index contributed by atoms with van der Waals surface area (Å²) in [5.74, 6) is -0.947. The van der Waals surface area contributed by atoms with Gasteiger partial charge in [-0.25, -0.2) is 0 Å². The van der Waals surface area contributed by atoms with Crippen molar-refractivity contribution in [2.45, 2.75) is 18.5 Å². The summed E-state index contributed by atoms with van der Waals surface area (Å²) in [6.45, 7) is 0. The maximum atomic E-state index is 11.3. The van der Waals surface area contributed by atoms with Crippen LogP contribution < -0.4 is 16.4 Å². The van der Waals surface area contributed by atoms with Gasteiger partial charge in [-0.2, -0.15) is 0 Å². The highest BCUT2D eigenvalue weighted by molar-refractivity contribution is 7.80. The molecule has 0 radical (unpaired) electrons. The van der Waals surface area contributed by atoms with E-state index in [0.717, 1.165) is 11.1 Å². The van der Waals surface area contributed by atoms with Gasteiger partial charge in [-0.05, 0) is 41.9 Å². The van der Waals surface area contributed by atoms with Gasteiger partial charge in [0.05, 0.1) is 0 Å². The lowest BCUT2D eigenvalue weighted by Gasteiger charge is -2.06. The van der Waals surface area contributed by atoms with E-state index in [1.54, 1.807) is 12.1 Å². The molecule has 1 heterocycles. The fourth-order valence-electron chi connectivity index (χ4n) is 2.27. The maximum Gasteiger partial charge on any atom is 0.320 e. The lowest BCUT2D eigenvalue weighted by atomic mass is 10.1. The van der Waals surface area contributed by atoms with E-state index >= 15 is 0 Å². The molecule has 6 N–H and O–H groups in total. The van der Waals surface area contributed by atoms with Crippen LogP contribution in [-0.2, 0) is 16.0 Å². The van der Waals surface area contributed by atoms with Gasteiger partial charge in [-0.1, -0.05) is 42.5 Å². The van der Waals surface area contributed by atoms with E-state index in [0.29, 0.717) is 5.11 Å². The zero-order valence-corrected chi connectivity index (χ0v) is 14.6. The SMILES string of the molecule is N[C@@H](Cc1ccc(O)cc1)C(=O)O.O=C1NC(=S)NC1c1ccccc1. The van der Waals surface area contributed by atoms with Crippen molar-refractivity contribution in [2.75, 3.05) is 0 Å². The van der Waals surface area contributed by atoms with Crippen molar-refractivity contribution < 1.29 is 19.8 Å². The maximum absolute atomic E-state index is 11.3. The molecule has 1 unspecified atom stereocenters. The van der Waals surface area contributed by atoms with Crippen LogP contribution in [0.25, 0.3) is 0 Å². The molecule has 8 heteroatoms. The van der Waals surface area contributed by atoms with Gasteiger partial charge in [-0.3, -0.25) is 9.59 Å². The fraction of sp³-hybridized carbons (Fsp3) is 0.167. The Kier molecular flexibility index (Phi) is 6.65. The minimum absolute atomic E-state index is 0.0869. The Balaban J connectivity index is 0.000000187. The second-order valence-electron chi connectivity index (χ2n) is 5.62. The van der Waals surface area contributed by atoms with Gasteiger partial charge in [0.1, 0.15) is 17.8 Å². The summed E-state index contributed by atoms with van der Waals surface area (Å²) in [4.78, 5) is 21.7. The Morgan fingerprint density at radius 1 is 1.15 bits per heavy atom. The molecule has 2 atom stereocenters. The number of aliphatic carboxylic acids is 1. The second-order valence-corrected chi connectivity index (χ2v) is 6.03. The molecule has 2 aromatic rings. The Labute approximate surface area is 155 Å². The van der Waals surface area contributed by atoms with E-state index in [-0.39, 0.29) is 24.1 Å². The number of nitrogens with one attached hydrogen (secondary N) is 2. The van der Waals surface area contributed by atoms with Crippen molar-refractivity contribution in [3.05, 3.63) is 65.7 Å². The van der Waals surface area contributed by atoms with Crippen LogP contribution in [0.1, 0.15) is 17.2 Å². The van der Waals surface area contributed by atoms with Crippen LogP contribution in [0.5, 0.6) is 5.75 Å². The van der Waals surface area contributed by atoms with E-state index in [2.05, 4.69) is 10.6 Å². The van der Waals surface area contributed by atoms with Crippen LogP contribution in [0, 0.1) is 0 Å². The molecule has 136 valence electrons. The number of carbonyl (C=O) groups excluding carboxylic acids is 1. The number of rotatable bonds is 4. The number of phenolic OH excluding ortho intramolecular Hbond substituents is 1. The van der Waals surface area contributed by atoms with Crippen molar-refractivity contribution in [2.24, 2.45) is 5.73 Å². The van der Waals surface area contributed by atoms with Gasteiger partial charge < -0.3 is 26.6 Å². The average Bonchev–Trinajstić information content (AvgIpc) is 2.96. The molecule has 0 bridgehead atoms. The standard InChI is InChI=1S/C9H8N2OS.C9H11NO3/c12-8-7(10-9(13)11-8)6-4-2-1-3-5-6;10-8(9(12)13)5-6-1-3-7(11)4-2-6/h1-5,7H,(H2,10,11,12,13);1-4,8,11H,5,10H2,(H,12,13)/t;8-/m.0/s1. The molecule has 0 spiro atoms. The van der Waals surface area contributed by atoms with Gasteiger partial charge in [0.2, 0.25) is 0 Å². The number of hydrogen-bond donors (Lipinski definition) is 5. The number of carbonyl (C=O) groups is 2. The van der Waals surface area contributed by atoms with Crippen molar-refractivity contribution in [1.82, 2.24) is 10.6 Å². The molecule has 1 fully saturated rings. The zero-order chi connectivity index (χ0) is 19.1. The number of hydrogen-bond acceptors (Lipinski definition) is 5. The summed E-state index contributed by atoms with van der Waals surface area (Å²) in [5, 5.41) is 23.3. The van der Waals surface area contributed by atoms with Gasteiger partial charge in [0.25, 0.3) is 5.91 Å². The zero-order valence-electron chi connectivity index (χ0n) is 13.8. The quantitative estimate of drug-likeness (QED) is 0.508. The lowest BCUT2D eigenvalue weighted by Crippen LogP contribution is -2.32. The van der Waals surface area contributed by atoms with E-state index < -0.39 is 12.0 Å². The first-order valence-corrected chi connectivity index (χ1v) is 8.20. The van der Waals surface area contributed by atoms with Crippen LogP contribution in [0.15, 0.2) is 54.6 Å². The third-order valence-electron chi connectivity index (χ3n) is 3.62. The predicted octanol–water partition coefficient (Wildman–Crippen LogP) is 1.08. The predicted molar refractivity (Wildman–Crippen MR) is 100 cm³/mol. The largest absolute Gasteiger partial charge is 0.508 e. The van der Waals surface area contributed by atoms with E-state index in [1.165, 1.54) is 12.1 Å². The smallest absolute Gasteiger partial charge is 0.320 e. The lowest BCUT2D eigenvalue weighted by molar-refractivity contribution is -0.138. The van der Waals surface area contributed by atoms with E-state index in [4.69, 9.17) is 28.2 Å². The molecule has 0 aliphatic carbocycles. The monoisotopic (exact) mass is 373 g/mol. The topological polar surface area (TPSA) is 125 Å². The van der Waals surface area contributed by atoms with Gasteiger partial charge >= 0.3 is 5.97 Å². The summed E-state index contributed by atoms with van der Waals surface area (Å²) < 4.78 is 0. The van der Waals surface area contributed by atoms with Crippen LogP contribution in [0.3, 0.4) is 0 Å². The first kappa shape index (κ1) is 19.4. The van der Waals surface area contributed by atoms with Crippen molar-refractivity contribution >= 4 is 29.2 Å². The molecular formula is C18H19N3O4S. The number of carboxylic acids is 1. The number of thiocarbonyl (C=S) groups is 1. The molecular weight excluding hydrogens is 354 g/mol. The highest BCUT2D eigenvalue weighted by Crippen LogP contribution is 2.15. The molecule has 0 aromatic heterocycles. The summed E-state index contributed by atoms with van der Waals surface area (Å²) in [6.07, 6.45) is 0.273.